The molecule has 0 unspecified atom stereocenters. The van der Waals surface area contributed by atoms with Crippen LogP contribution in [-0.2, 0) is 21.0 Å². The van der Waals surface area contributed by atoms with Crippen molar-refractivity contribution in [2.75, 3.05) is 17.7 Å². The second-order valence-electron chi connectivity index (χ2n) is 7.71. The summed E-state index contributed by atoms with van der Waals surface area (Å²) in [5.74, 6) is 0.821. The molecule has 2 rings (SSSR count). The van der Waals surface area contributed by atoms with Gasteiger partial charge in [0.05, 0.1) is 12.4 Å². The highest BCUT2D eigenvalue weighted by Crippen LogP contribution is 2.23. The predicted molar refractivity (Wildman–Crippen MR) is 113 cm³/mol. The van der Waals surface area contributed by atoms with E-state index in [0.717, 1.165) is 11.3 Å². The second kappa shape index (κ2) is 9.18. The number of amides is 1. The zero-order valence-corrected chi connectivity index (χ0v) is 17.6. The van der Waals surface area contributed by atoms with Gasteiger partial charge in [0, 0.05) is 16.5 Å². The van der Waals surface area contributed by atoms with Crippen LogP contribution in [0.2, 0.25) is 0 Å². The molecule has 2 aromatic rings. The van der Waals surface area contributed by atoms with Gasteiger partial charge in [-0.3, -0.25) is 9.00 Å². The Morgan fingerprint density at radius 1 is 1.15 bits per heavy atom. The Labute approximate surface area is 164 Å². The molecule has 0 heterocycles. The van der Waals surface area contributed by atoms with Crippen LogP contribution in [0, 0.1) is 6.92 Å². The summed E-state index contributed by atoms with van der Waals surface area (Å²) in [5.41, 5.74) is 3.09. The average molecular weight is 388 g/mol. The van der Waals surface area contributed by atoms with Crippen molar-refractivity contribution in [2.45, 2.75) is 45.3 Å². The van der Waals surface area contributed by atoms with Crippen LogP contribution in [0.15, 0.2) is 48.5 Å². The molecule has 0 spiro atoms. The van der Waals surface area contributed by atoms with E-state index in [-0.39, 0.29) is 11.3 Å². The molecule has 0 aliphatic heterocycles. The van der Waals surface area contributed by atoms with E-state index in [0.29, 0.717) is 18.0 Å². The van der Waals surface area contributed by atoms with Gasteiger partial charge in [0.1, 0.15) is 11.0 Å². The van der Waals surface area contributed by atoms with E-state index in [1.165, 1.54) is 5.56 Å². The lowest BCUT2D eigenvalue weighted by Gasteiger charge is -2.19. The van der Waals surface area contributed by atoms with E-state index in [1.54, 1.807) is 6.92 Å². The van der Waals surface area contributed by atoms with Crippen LogP contribution in [0.3, 0.4) is 0 Å². The monoisotopic (exact) mass is 387 g/mol. The van der Waals surface area contributed by atoms with Gasteiger partial charge in [-0.05, 0) is 54.7 Å². The molecule has 0 saturated heterocycles. The minimum atomic E-state index is -1.30. The summed E-state index contributed by atoms with van der Waals surface area (Å²) in [6.07, 6.45) is 0. The molecule has 1 N–H and O–H groups in total. The summed E-state index contributed by atoms with van der Waals surface area (Å²) >= 11 is 0. The molecule has 1 amide bonds. The molecule has 5 heteroatoms. The maximum Gasteiger partial charge on any atom is 0.239 e. The molecule has 146 valence electrons. The van der Waals surface area contributed by atoms with Crippen molar-refractivity contribution in [1.82, 2.24) is 0 Å². The third-order valence-corrected chi connectivity index (χ3v) is 5.90. The number of hydrogen-bond acceptors (Lipinski definition) is 3. The third kappa shape index (κ3) is 6.51. The standard InChI is InChI=1S/C22H29NO3S/c1-16-7-6-8-20(15-16)26-13-14-27(25)17(2)21(24)23-19-11-9-18(10-12-19)22(3,4)5/h6-12,15,17H,13-14H2,1-5H3,(H,23,24)/t17-,27-/m1/s1. The molecule has 2 aromatic carbocycles. The number of nitrogens with one attached hydrogen (secondary N) is 1. The first-order valence-corrected chi connectivity index (χ1v) is 10.5. The molecule has 27 heavy (non-hydrogen) atoms. The topological polar surface area (TPSA) is 55.4 Å². The number of aryl methyl sites for hydroxylation is 1. The summed E-state index contributed by atoms with van der Waals surface area (Å²) in [4.78, 5) is 12.4. The third-order valence-electron chi connectivity index (χ3n) is 4.32. The molecule has 0 radical (unpaired) electrons. The summed E-state index contributed by atoms with van der Waals surface area (Å²) in [6, 6.07) is 15.5. The van der Waals surface area contributed by atoms with E-state index in [1.807, 2.05) is 55.5 Å². The van der Waals surface area contributed by atoms with Crippen LogP contribution in [0.25, 0.3) is 0 Å². The maximum absolute atomic E-state index is 12.4. The van der Waals surface area contributed by atoms with E-state index in [9.17, 15) is 9.00 Å². The Hall–Kier alpha value is -2.14. The van der Waals surface area contributed by atoms with Crippen LogP contribution in [-0.4, -0.2) is 27.7 Å². The highest BCUT2D eigenvalue weighted by molar-refractivity contribution is 7.86. The first kappa shape index (κ1) is 21.2. The van der Waals surface area contributed by atoms with Crippen LogP contribution in [0.4, 0.5) is 5.69 Å². The molecular weight excluding hydrogens is 358 g/mol. The van der Waals surface area contributed by atoms with Crippen molar-refractivity contribution in [3.63, 3.8) is 0 Å². The van der Waals surface area contributed by atoms with Gasteiger partial charge in [-0.1, -0.05) is 45.0 Å². The Morgan fingerprint density at radius 3 is 2.41 bits per heavy atom. The van der Waals surface area contributed by atoms with Gasteiger partial charge in [0.2, 0.25) is 5.91 Å². The maximum atomic E-state index is 12.4. The number of ether oxygens (including phenoxy) is 1. The lowest BCUT2D eigenvalue weighted by molar-refractivity contribution is -0.115. The number of carbonyl (C=O) groups is 1. The molecular formula is C22H29NO3S. The summed E-state index contributed by atoms with van der Waals surface area (Å²) < 4.78 is 18.0. The lowest BCUT2D eigenvalue weighted by Crippen LogP contribution is -2.31. The SMILES string of the molecule is Cc1cccc(OCC[S@@](=O)[C@H](C)C(=O)Nc2ccc(C(C)(C)C)cc2)c1. The van der Waals surface area contributed by atoms with Gasteiger partial charge in [0.25, 0.3) is 0 Å². The van der Waals surface area contributed by atoms with Crippen LogP contribution >= 0.6 is 0 Å². The van der Waals surface area contributed by atoms with Gasteiger partial charge in [-0.15, -0.1) is 0 Å². The van der Waals surface area contributed by atoms with Gasteiger partial charge in [-0.2, -0.15) is 0 Å². The van der Waals surface area contributed by atoms with Crippen molar-refractivity contribution in [3.8, 4) is 5.75 Å². The fourth-order valence-corrected chi connectivity index (χ4v) is 3.44. The van der Waals surface area contributed by atoms with Crippen LogP contribution in [0.5, 0.6) is 5.75 Å². The summed E-state index contributed by atoms with van der Waals surface area (Å²) in [5, 5.41) is 2.24. The second-order valence-corrected chi connectivity index (χ2v) is 9.59. The van der Waals surface area contributed by atoms with E-state index >= 15 is 0 Å². The normalized spacial score (nSPS) is 13.7. The van der Waals surface area contributed by atoms with Crippen LogP contribution < -0.4 is 10.1 Å². The Bertz CT molecular complexity index is 794. The van der Waals surface area contributed by atoms with Gasteiger partial charge >= 0.3 is 0 Å². The molecule has 0 aromatic heterocycles. The van der Waals surface area contributed by atoms with E-state index in [4.69, 9.17) is 4.74 Å². The fourth-order valence-electron chi connectivity index (χ4n) is 2.54. The molecule has 0 aliphatic rings. The van der Waals surface area contributed by atoms with E-state index < -0.39 is 16.0 Å². The smallest absolute Gasteiger partial charge is 0.239 e. The zero-order chi connectivity index (χ0) is 20.0. The lowest BCUT2D eigenvalue weighted by atomic mass is 9.87. The first-order chi connectivity index (χ1) is 12.7. The minimum absolute atomic E-state index is 0.0641. The summed E-state index contributed by atoms with van der Waals surface area (Å²) in [7, 11) is -1.30. The number of rotatable bonds is 7. The molecule has 0 fully saturated rings. The van der Waals surface area contributed by atoms with Crippen molar-refractivity contribution in [3.05, 3.63) is 59.7 Å². The quantitative estimate of drug-likeness (QED) is 0.764. The number of anilines is 1. The van der Waals surface area contributed by atoms with E-state index in [2.05, 4.69) is 26.1 Å². The highest BCUT2D eigenvalue weighted by atomic mass is 32.2. The molecule has 0 saturated carbocycles. The van der Waals surface area contributed by atoms with Crippen molar-refractivity contribution >= 4 is 22.4 Å². The first-order valence-electron chi connectivity index (χ1n) is 9.15. The van der Waals surface area contributed by atoms with Gasteiger partial charge in [-0.25, -0.2) is 0 Å². The van der Waals surface area contributed by atoms with Crippen LogP contribution in [0.1, 0.15) is 38.8 Å². The molecule has 2 atom stereocenters. The Kier molecular flexibility index (Phi) is 7.19. The summed E-state index contributed by atoms with van der Waals surface area (Å²) in [6.45, 7) is 10.4. The average Bonchev–Trinajstić information content (AvgIpc) is 2.60. The number of carbonyl (C=O) groups excluding carboxylic acids is 1. The number of hydrogen-bond donors (Lipinski definition) is 1. The molecule has 4 nitrogen and oxygen atoms in total. The highest BCUT2D eigenvalue weighted by Gasteiger charge is 2.20. The predicted octanol–water partition coefficient (Wildman–Crippen LogP) is 4.45. The van der Waals surface area contributed by atoms with Gasteiger partial charge in [0.15, 0.2) is 0 Å². The fraction of sp³-hybridized carbons (Fsp3) is 0.409. The molecule has 0 aliphatic carbocycles. The Morgan fingerprint density at radius 2 is 1.81 bits per heavy atom. The number of benzene rings is 2. The van der Waals surface area contributed by atoms with Crippen molar-refractivity contribution < 1.29 is 13.7 Å². The van der Waals surface area contributed by atoms with Crippen molar-refractivity contribution in [1.29, 1.82) is 0 Å². The minimum Gasteiger partial charge on any atom is -0.493 e. The largest absolute Gasteiger partial charge is 0.493 e. The van der Waals surface area contributed by atoms with Gasteiger partial charge < -0.3 is 10.1 Å². The zero-order valence-electron chi connectivity index (χ0n) is 16.7. The van der Waals surface area contributed by atoms with Crippen molar-refractivity contribution in [2.24, 2.45) is 0 Å². The Balaban J connectivity index is 1.84. The molecule has 0 bridgehead atoms.